The molecule has 594 valence electrons. The Morgan fingerprint density at radius 3 is 0.590 bits per heavy atom. The fourth-order valence-corrected chi connectivity index (χ4v) is 14.2. The van der Waals surface area contributed by atoms with E-state index in [9.17, 15) is 43.2 Å². The van der Waals surface area contributed by atoms with Gasteiger partial charge in [-0.15, -0.1) is 0 Å². The molecule has 0 aliphatic heterocycles. The Morgan fingerprint density at radius 1 is 0.240 bits per heavy atom. The van der Waals surface area contributed by atoms with E-state index in [0.717, 1.165) is 89.9 Å². The van der Waals surface area contributed by atoms with Crippen LogP contribution >= 0.6 is 15.6 Å². The molecule has 100 heavy (non-hydrogen) atoms. The average Bonchev–Trinajstić information content (AvgIpc) is 0.945. The van der Waals surface area contributed by atoms with Crippen molar-refractivity contribution >= 4 is 39.5 Å². The van der Waals surface area contributed by atoms with E-state index < -0.39 is 97.5 Å². The van der Waals surface area contributed by atoms with E-state index >= 15 is 0 Å². The molecule has 5 atom stereocenters. The van der Waals surface area contributed by atoms with E-state index in [0.29, 0.717) is 25.7 Å². The topological polar surface area (TPSA) is 237 Å². The van der Waals surface area contributed by atoms with E-state index in [1.807, 2.05) is 0 Å². The predicted molar refractivity (Wildman–Crippen MR) is 409 cm³/mol. The normalized spacial score (nSPS) is 13.8. The number of aliphatic hydroxyl groups excluding tert-OH is 1. The lowest BCUT2D eigenvalue weighted by Crippen LogP contribution is -2.30. The molecule has 2 unspecified atom stereocenters. The van der Waals surface area contributed by atoms with Crippen molar-refractivity contribution in [3.05, 3.63) is 0 Å². The summed E-state index contributed by atoms with van der Waals surface area (Å²) in [6.45, 7) is 5.00. The molecule has 0 amide bonds. The molecule has 3 N–H and O–H groups in total. The molecule has 0 aliphatic carbocycles. The van der Waals surface area contributed by atoms with Gasteiger partial charge in [-0.3, -0.25) is 37.3 Å². The van der Waals surface area contributed by atoms with Crippen molar-refractivity contribution in [2.45, 2.75) is 457 Å². The van der Waals surface area contributed by atoms with Crippen LogP contribution in [0.25, 0.3) is 0 Å². The van der Waals surface area contributed by atoms with Gasteiger partial charge in [0.1, 0.15) is 19.3 Å². The van der Waals surface area contributed by atoms with Crippen LogP contribution in [-0.4, -0.2) is 96.7 Å². The van der Waals surface area contributed by atoms with E-state index in [1.165, 1.54) is 270 Å². The minimum Gasteiger partial charge on any atom is -0.462 e. The number of hydrogen-bond donors (Lipinski definition) is 3. The van der Waals surface area contributed by atoms with E-state index in [2.05, 4.69) is 27.7 Å². The smallest absolute Gasteiger partial charge is 0.462 e. The van der Waals surface area contributed by atoms with E-state index in [1.54, 1.807) is 0 Å². The van der Waals surface area contributed by atoms with Gasteiger partial charge in [0.25, 0.3) is 0 Å². The van der Waals surface area contributed by atoms with Gasteiger partial charge in [-0.05, 0) is 25.7 Å². The number of phosphoric acid groups is 2. The third-order valence-corrected chi connectivity index (χ3v) is 21.0. The summed E-state index contributed by atoms with van der Waals surface area (Å²) in [5, 5.41) is 10.6. The van der Waals surface area contributed by atoms with Crippen LogP contribution in [0.2, 0.25) is 0 Å². The summed E-state index contributed by atoms with van der Waals surface area (Å²) in [5.41, 5.74) is 0. The lowest BCUT2D eigenvalue weighted by molar-refractivity contribution is -0.161. The number of phosphoric ester groups is 2. The fraction of sp³-hybridized carbons (Fsp3) is 0.951. The minimum atomic E-state index is -4.96. The first-order valence-electron chi connectivity index (χ1n) is 42.3. The molecule has 0 fully saturated rings. The summed E-state index contributed by atoms with van der Waals surface area (Å²) in [6, 6.07) is 0. The lowest BCUT2D eigenvalue weighted by atomic mass is 10.0. The van der Waals surface area contributed by atoms with Gasteiger partial charge in [0.15, 0.2) is 12.2 Å². The standard InChI is InChI=1S/C81H158O17P2/c1-5-9-13-17-21-25-28-31-34-36-38-40-42-45-47-50-54-58-62-66-79(84)92-72-77(98-81(86)68-64-60-56-52-49-46-43-41-39-37-35-32-29-26-22-18-14-10-6-2)74-96-100(89,90)94-70-75(82)69-93-99(87,88)95-73-76(71-91-78(83)65-61-57-53-24-20-16-12-8-4)97-80(85)67-63-59-55-51-48-44-33-30-27-23-19-15-11-7-3/h75-77,82H,5-74H2,1-4H3,(H,87,88)(H,89,90)/t75-,76+,77+/m0/s1. The van der Waals surface area contributed by atoms with Crippen LogP contribution in [0.15, 0.2) is 0 Å². The Balaban J connectivity index is 5.19. The van der Waals surface area contributed by atoms with Gasteiger partial charge in [0.2, 0.25) is 0 Å². The SMILES string of the molecule is CCCCCCCCCCCCCCCCCCCCCC(=O)OC[C@H](COP(=O)(O)OC[C@@H](O)COP(=O)(O)OC[C@@H](COC(=O)CCCCCCCCCC)OC(=O)CCCCCCCCCCCCCCCC)OC(=O)CCCCCCCCCCCCCCCCCCCCC. The van der Waals surface area contributed by atoms with Crippen molar-refractivity contribution in [2.75, 3.05) is 39.6 Å². The summed E-state index contributed by atoms with van der Waals surface area (Å²) in [5.74, 6) is -2.11. The maximum absolute atomic E-state index is 13.1. The summed E-state index contributed by atoms with van der Waals surface area (Å²) in [7, 11) is -9.91. The summed E-state index contributed by atoms with van der Waals surface area (Å²) in [6.07, 6.45) is 68.1. The lowest BCUT2D eigenvalue weighted by Gasteiger charge is -2.21. The first-order valence-corrected chi connectivity index (χ1v) is 45.3. The second-order valence-corrected chi connectivity index (χ2v) is 32.1. The van der Waals surface area contributed by atoms with Crippen LogP contribution in [0, 0.1) is 0 Å². The zero-order valence-corrected chi connectivity index (χ0v) is 67.0. The predicted octanol–water partition coefficient (Wildman–Crippen LogP) is 24.6. The van der Waals surface area contributed by atoms with Crippen molar-refractivity contribution in [3.8, 4) is 0 Å². The van der Waals surface area contributed by atoms with Gasteiger partial charge in [-0.2, -0.15) is 0 Å². The molecule has 0 saturated carbocycles. The van der Waals surface area contributed by atoms with Gasteiger partial charge in [-0.1, -0.05) is 387 Å². The molecule has 0 heterocycles. The largest absolute Gasteiger partial charge is 0.472 e. The molecule has 0 radical (unpaired) electrons. The number of aliphatic hydroxyl groups is 1. The van der Waals surface area contributed by atoms with Crippen molar-refractivity contribution in [2.24, 2.45) is 0 Å². The molecule has 0 aromatic rings. The van der Waals surface area contributed by atoms with Crippen LogP contribution in [0.3, 0.4) is 0 Å². The Hall–Kier alpha value is -1.94. The van der Waals surface area contributed by atoms with Gasteiger partial charge < -0.3 is 33.8 Å². The third-order valence-electron chi connectivity index (χ3n) is 19.1. The van der Waals surface area contributed by atoms with E-state index in [4.69, 9.17) is 37.0 Å². The maximum Gasteiger partial charge on any atom is 0.472 e. The molecule has 17 nitrogen and oxygen atoms in total. The molecular formula is C81H158O17P2. The Bertz CT molecular complexity index is 1890. The zero-order chi connectivity index (χ0) is 73.2. The molecule has 19 heteroatoms. The first kappa shape index (κ1) is 98.1. The Morgan fingerprint density at radius 2 is 0.400 bits per heavy atom. The minimum absolute atomic E-state index is 0.108. The monoisotopic (exact) mass is 1470 g/mol. The number of rotatable bonds is 82. The quantitative estimate of drug-likeness (QED) is 0.0222. The highest BCUT2D eigenvalue weighted by atomic mass is 31.2. The van der Waals surface area contributed by atoms with Crippen molar-refractivity contribution < 1.29 is 80.2 Å². The highest BCUT2D eigenvalue weighted by Gasteiger charge is 2.30. The molecule has 0 rings (SSSR count). The fourth-order valence-electron chi connectivity index (χ4n) is 12.6. The summed E-state index contributed by atoms with van der Waals surface area (Å²) < 4.78 is 68.6. The number of hydrogen-bond acceptors (Lipinski definition) is 15. The Labute approximate surface area is 613 Å². The second-order valence-electron chi connectivity index (χ2n) is 29.2. The summed E-state index contributed by atoms with van der Waals surface area (Å²) >= 11 is 0. The number of ether oxygens (including phenoxy) is 4. The van der Waals surface area contributed by atoms with Gasteiger partial charge in [0, 0.05) is 25.7 Å². The van der Waals surface area contributed by atoms with Gasteiger partial charge in [-0.25, -0.2) is 9.13 Å². The molecule has 0 bridgehead atoms. The van der Waals surface area contributed by atoms with Gasteiger partial charge >= 0.3 is 39.5 Å². The molecule has 0 aromatic carbocycles. The van der Waals surface area contributed by atoms with Crippen molar-refractivity contribution in [1.29, 1.82) is 0 Å². The zero-order valence-electron chi connectivity index (χ0n) is 65.2. The molecule has 0 aliphatic rings. The molecular weight excluding hydrogens is 1310 g/mol. The Kier molecular flexibility index (Phi) is 73.8. The maximum atomic E-state index is 13.1. The average molecular weight is 1470 g/mol. The van der Waals surface area contributed by atoms with Crippen molar-refractivity contribution in [1.82, 2.24) is 0 Å². The highest BCUT2D eigenvalue weighted by Crippen LogP contribution is 2.45. The second kappa shape index (κ2) is 75.3. The molecule has 0 spiro atoms. The van der Waals surface area contributed by atoms with Crippen molar-refractivity contribution in [3.63, 3.8) is 0 Å². The molecule has 0 saturated heterocycles. The van der Waals surface area contributed by atoms with Crippen LogP contribution in [0.1, 0.15) is 439 Å². The molecule has 0 aromatic heterocycles. The van der Waals surface area contributed by atoms with Crippen LogP contribution in [-0.2, 0) is 65.4 Å². The third kappa shape index (κ3) is 74.3. The highest BCUT2D eigenvalue weighted by molar-refractivity contribution is 7.47. The van der Waals surface area contributed by atoms with Crippen LogP contribution in [0.5, 0.6) is 0 Å². The van der Waals surface area contributed by atoms with Gasteiger partial charge in [0.05, 0.1) is 26.4 Å². The first-order chi connectivity index (χ1) is 48.7. The number of esters is 4. The van der Waals surface area contributed by atoms with Crippen LogP contribution in [0.4, 0.5) is 0 Å². The number of unbranched alkanes of at least 4 members (excludes halogenated alkanes) is 56. The van der Waals surface area contributed by atoms with Crippen LogP contribution < -0.4 is 0 Å². The number of carbonyl (C=O) groups is 4. The van der Waals surface area contributed by atoms with E-state index in [-0.39, 0.29) is 25.7 Å². The number of carbonyl (C=O) groups excluding carboxylic acids is 4. The summed E-state index contributed by atoms with van der Waals surface area (Å²) in [4.78, 5) is 72.9.